The van der Waals surface area contributed by atoms with Crippen molar-refractivity contribution in [1.29, 1.82) is 0 Å². The van der Waals surface area contributed by atoms with Gasteiger partial charge < -0.3 is 15.3 Å². The zero-order valence-corrected chi connectivity index (χ0v) is 18.9. The summed E-state index contributed by atoms with van der Waals surface area (Å²) in [6.45, 7) is 4.81. The number of fused-ring (bicyclic) bond motifs is 3. The smallest absolute Gasteiger partial charge is 0.183 e. The zero-order valence-electron chi connectivity index (χ0n) is 18.0. The van der Waals surface area contributed by atoms with Gasteiger partial charge in [-0.2, -0.15) is 0 Å². The Morgan fingerprint density at radius 1 is 1.19 bits per heavy atom. The highest BCUT2D eigenvalue weighted by Crippen LogP contribution is 2.40. The Balaban J connectivity index is 1.43. The number of nitrogens with one attached hydrogen (secondary N) is 1. The van der Waals surface area contributed by atoms with Crippen LogP contribution in [0.15, 0.2) is 18.6 Å². The summed E-state index contributed by atoms with van der Waals surface area (Å²) in [5, 5.41) is 15.0. The number of hydrogen-bond donors (Lipinski definition) is 2. The Bertz CT molecular complexity index is 1030. The predicted octanol–water partition coefficient (Wildman–Crippen LogP) is 3.67. The molecule has 3 aromatic rings. The van der Waals surface area contributed by atoms with Gasteiger partial charge in [-0.1, -0.05) is 6.92 Å². The Labute approximate surface area is 187 Å². The first-order chi connectivity index (χ1) is 15.2. The quantitative estimate of drug-likeness (QED) is 0.607. The second kappa shape index (κ2) is 9.14. The maximum Gasteiger partial charge on any atom is 0.183 e. The maximum absolute atomic E-state index is 9.97. The third kappa shape index (κ3) is 4.42. The first-order valence-electron chi connectivity index (χ1n) is 11.5. The molecule has 8 heteroatoms. The van der Waals surface area contributed by atoms with E-state index in [9.17, 15) is 5.11 Å². The summed E-state index contributed by atoms with van der Waals surface area (Å²) < 4.78 is 0. The first kappa shape index (κ1) is 20.7. The van der Waals surface area contributed by atoms with Crippen molar-refractivity contribution in [1.82, 2.24) is 24.8 Å². The number of anilines is 1. The lowest BCUT2D eigenvalue weighted by molar-refractivity contribution is 0.0962. The van der Waals surface area contributed by atoms with Gasteiger partial charge in [-0.05, 0) is 50.5 Å². The van der Waals surface area contributed by atoms with E-state index < -0.39 is 0 Å². The molecule has 1 saturated heterocycles. The molecule has 0 spiro atoms. The molecule has 2 N–H and O–H groups in total. The minimum Gasteiger partial charge on any atom is -0.392 e. The van der Waals surface area contributed by atoms with Crippen molar-refractivity contribution in [2.45, 2.75) is 64.0 Å². The molecule has 2 aliphatic rings. The number of likely N-dealkylation sites (tertiary alicyclic amines) is 1. The number of piperidine rings is 1. The molecular formula is C23H30N6OS. The third-order valence-electron chi connectivity index (χ3n) is 6.48. The van der Waals surface area contributed by atoms with Crippen LogP contribution in [0.3, 0.4) is 0 Å². The number of β-amino-alcohol motifs (C(OH)–C–C–N with tert-alkyl or cyclic N) is 1. The molecule has 4 heterocycles. The normalized spacial score (nSPS) is 18.8. The van der Waals surface area contributed by atoms with Crippen molar-refractivity contribution in [2.75, 3.05) is 25.0 Å². The van der Waals surface area contributed by atoms with E-state index in [-0.39, 0.29) is 6.10 Å². The summed E-state index contributed by atoms with van der Waals surface area (Å²) in [6, 6.07) is 0.377. The van der Waals surface area contributed by atoms with E-state index in [2.05, 4.69) is 20.2 Å². The van der Waals surface area contributed by atoms with Gasteiger partial charge in [0.05, 0.1) is 17.7 Å². The summed E-state index contributed by atoms with van der Waals surface area (Å²) in [5.74, 6) is 1.60. The van der Waals surface area contributed by atoms with Gasteiger partial charge in [0, 0.05) is 42.9 Å². The van der Waals surface area contributed by atoms with E-state index >= 15 is 0 Å². The molecular weight excluding hydrogens is 408 g/mol. The molecule has 7 nitrogen and oxygen atoms in total. The van der Waals surface area contributed by atoms with Gasteiger partial charge in [0.2, 0.25) is 0 Å². The summed E-state index contributed by atoms with van der Waals surface area (Å²) in [5.41, 5.74) is 2.16. The van der Waals surface area contributed by atoms with E-state index in [1.165, 1.54) is 28.7 Å². The van der Waals surface area contributed by atoms with Crippen LogP contribution in [-0.4, -0.2) is 61.7 Å². The molecule has 1 fully saturated rings. The van der Waals surface area contributed by atoms with Crippen molar-refractivity contribution >= 4 is 27.4 Å². The van der Waals surface area contributed by atoms with Gasteiger partial charge in [0.15, 0.2) is 5.82 Å². The van der Waals surface area contributed by atoms with Crippen LogP contribution < -0.4 is 5.32 Å². The van der Waals surface area contributed by atoms with Crippen LogP contribution in [0.1, 0.15) is 49.5 Å². The number of rotatable bonds is 6. The van der Waals surface area contributed by atoms with Crippen LogP contribution in [-0.2, 0) is 12.8 Å². The predicted molar refractivity (Wildman–Crippen MR) is 124 cm³/mol. The van der Waals surface area contributed by atoms with Crippen molar-refractivity contribution in [3.63, 3.8) is 0 Å². The highest BCUT2D eigenvalue weighted by Gasteiger charge is 2.25. The van der Waals surface area contributed by atoms with Crippen LogP contribution >= 0.6 is 11.3 Å². The molecule has 1 atom stereocenters. The largest absolute Gasteiger partial charge is 0.392 e. The lowest BCUT2D eigenvalue weighted by Gasteiger charge is -2.33. The number of aliphatic hydroxyl groups excluding tert-OH is 1. The van der Waals surface area contributed by atoms with Crippen molar-refractivity contribution in [2.24, 2.45) is 0 Å². The van der Waals surface area contributed by atoms with Crippen LogP contribution in [0.4, 0.5) is 5.82 Å². The second-order valence-electron chi connectivity index (χ2n) is 8.66. The summed E-state index contributed by atoms with van der Waals surface area (Å²) in [7, 11) is 0. The number of nitrogens with zero attached hydrogens (tertiary/aromatic N) is 5. The Kier molecular flexibility index (Phi) is 6.11. The highest BCUT2D eigenvalue weighted by molar-refractivity contribution is 7.19. The molecule has 0 amide bonds. The van der Waals surface area contributed by atoms with Crippen LogP contribution in [0, 0.1) is 0 Å². The molecule has 1 aliphatic heterocycles. The van der Waals surface area contributed by atoms with Gasteiger partial charge in [0.1, 0.15) is 16.3 Å². The average Bonchev–Trinajstić information content (AvgIpc) is 3.19. The fourth-order valence-electron chi connectivity index (χ4n) is 4.67. The van der Waals surface area contributed by atoms with Crippen molar-refractivity contribution < 1.29 is 5.11 Å². The molecule has 5 rings (SSSR count). The van der Waals surface area contributed by atoms with Gasteiger partial charge in [-0.3, -0.25) is 4.98 Å². The standard InChI is InChI=1S/C23H30N6OS/c1-2-16(30)14-29-11-7-15(8-12-29)26-22-20-17-5-3-4-6-19(17)31-23(20)28-21(27-22)18-13-24-9-10-25-18/h9-10,13,15-16,30H,2-8,11-12,14H2,1H3,(H,26,27,28). The van der Waals surface area contributed by atoms with E-state index in [0.717, 1.165) is 62.4 Å². The number of thiophene rings is 1. The topological polar surface area (TPSA) is 87.1 Å². The molecule has 0 bridgehead atoms. The molecule has 0 aromatic carbocycles. The van der Waals surface area contributed by atoms with E-state index in [4.69, 9.17) is 9.97 Å². The minimum atomic E-state index is -0.224. The average molecular weight is 439 g/mol. The van der Waals surface area contributed by atoms with Crippen LogP contribution in [0.5, 0.6) is 0 Å². The molecule has 3 aromatic heterocycles. The second-order valence-corrected chi connectivity index (χ2v) is 9.74. The summed E-state index contributed by atoms with van der Waals surface area (Å²) in [6.07, 6.45) is 12.5. The fourth-order valence-corrected chi connectivity index (χ4v) is 5.93. The van der Waals surface area contributed by atoms with Crippen molar-refractivity contribution in [3.05, 3.63) is 29.0 Å². The lowest BCUT2D eigenvalue weighted by Crippen LogP contribution is -2.42. The van der Waals surface area contributed by atoms with Gasteiger partial charge in [-0.25, -0.2) is 15.0 Å². The zero-order chi connectivity index (χ0) is 21.2. The molecule has 0 saturated carbocycles. The van der Waals surface area contributed by atoms with Crippen molar-refractivity contribution in [3.8, 4) is 11.5 Å². The molecule has 1 unspecified atom stereocenters. The molecule has 31 heavy (non-hydrogen) atoms. The van der Waals surface area contributed by atoms with E-state index in [0.29, 0.717) is 17.6 Å². The Hall–Kier alpha value is -2.16. The number of aromatic nitrogens is 4. The third-order valence-corrected chi connectivity index (χ3v) is 7.66. The maximum atomic E-state index is 9.97. The van der Waals surface area contributed by atoms with Gasteiger partial charge in [0.25, 0.3) is 0 Å². The van der Waals surface area contributed by atoms with Gasteiger partial charge in [-0.15, -0.1) is 11.3 Å². The Morgan fingerprint density at radius 3 is 2.81 bits per heavy atom. The summed E-state index contributed by atoms with van der Waals surface area (Å²) in [4.78, 5) is 23.4. The first-order valence-corrected chi connectivity index (χ1v) is 12.3. The monoisotopic (exact) mass is 438 g/mol. The summed E-state index contributed by atoms with van der Waals surface area (Å²) >= 11 is 1.82. The molecule has 1 aliphatic carbocycles. The fraction of sp³-hybridized carbons (Fsp3) is 0.565. The van der Waals surface area contributed by atoms with Crippen LogP contribution in [0.2, 0.25) is 0 Å². The number of aryl methyl sites for hydroxylation is 2. The van der Waals surface area contributed by atoms with Crippen LogP contribution in [0.25, 0.3) is 21.7 Å². The number of hydrogen-bond acceptors (Lipinski definition) is 8. The van der Waals surface area contributed by atoms with Gasteiger partial charge >= 0.3 is 0 Å². The molecule has 164 valence electrons. The van der Waals surface area contributed by atoms with E-state index in [1.54, 1.807) is 18.6 Å². The Morgan fingerprint density at radius 2 is 2.03 bits per heavy atom. The molecule has 0 radical (unpaired) electrons. The SMILES string of the molecule is CCC(O)CN1CCC(Nc2nc(-c3cnccn3)nc3sc4c(c23)CCCC4)CC1. The lowest BCUT2D eigenvalue weighted by atomic mass is 9.96. The highest BCUT2D eigenvalue weighted by atomic mass is 32.1. The number of aliphatic hydroxyl groups is 1. The minimum absolute atomic E-state index is 0.224. The van der Waals surface area contributed by atoms with E-state index in [1.807, 2.05) is 18.3 Å².